The first-order chi connectivity index (χ1) is 7.58. The molecule has 0 fully saturated rings. The zero-order chi connectivity index (χ0) is 12.0. The third-order valence-corrected chi connectivity index (χ3v) is 1.86. The summed E-state index contributed by atoms with van der Waals surface area (Å²) in [6.45, 7) is 1.46. The second kappa shape index (κ2) is 5.70. The number of primary amides is 1. The molecule has 0 bridgehead atoms. The molecule has 0 radical (unpaired) electrons. The highest BCUT2D eigenvalue weighted by Crippen LogP contribution is 2.10. The van der Waals surface area contributed by atoms with Gasteiger partial charge in [-0.25, -0.2) is 0 Å². The number of benzene rings is 1. The number of nitrogens with two attached hydrogens (primary N) is 1. The third-order valence-electron chi connectivity index (χ3n) is 1.86. The molecule has 0 aliphatic rings. The maximum absolute atomic E-state index is 10.8. The lowest BCUT2D eigenvalue weighted by Gasteiger charge is -2.01. The van der Waals surface area contributed by atoms with Gasteiger partial charge in [0.05, 0.1) is 0 Å². The van der Waals surface area contributed by atoms with E-state index in [2.05, 4.69) is 5.32 Å². The molecular weight excluding hydrogens is 204 g/mol. The molecule has 4 nitrogen and oxygen atoms in total. The average Bonchev–Trinajstić information content (AvgIpc) is 2.19. The first-order valence-corrected chi connectivity index (χ1v) is 4.90. The highest BCUT2D eigenvalue weighted by molar-refractivity contribution is 5.88. The smallest absolute Gasteiger partial charge is 0.221 e. The van der Waals surface area contributed by atoms with Gasteiger partial charge in [-0.15, -0.1) is 0 Å². The number of rotatable bonds is 4. The Labute approximate surface area is 94.1 Å². The van der Waals surface area contributed by atoms with Crippen LogP contribution in [0.25, 0.3) is 6.08 Å². The van der Waals surface area contributed by atoms with Crippen LogP contribution in [0.4, 0.5) is 5.69 Å². The number of hydrogen-bond acceptors (Lipinski definition) is 2. The first kappa shape index (κ1) is 12.0. The lowest BCUT2D eigenvalue weighted by molar-refractivity contribution is -0.117. The van der Waals surface area contributed by atoms with Gasteiger partial charge in [0.25, 0.3) is 0 Å². The SMILES string of the molecule is CC(=O)Nc1ccc(C=CCC(N)=O)cc1. The molecule has 0 aliphatic carbocycles. The summed E-state index contributed by atoms with van der Waals surface area (Å²) >= 11 is 0. The Hall–Kier alpha value is -2.10. The monoisotopic (exact) mass is 218 g/mol. The molecule has 84 valence electrons. The number of hydrogen-bond donors (Lipinski definition) is 2. The molecule has 16 heavy (non-hydrogen) atoms. The van der Waals surface area contributed by atoms with E-state index < -0.39 is 0 Å². The zero-order valence-corrected chi connectivity index (χ0v) is 9.07. The van der Waals surface area contributed by atoms with Crippen molar-refractivity contribution in [1.29, 1.82) is 0 Å². The number of carbonyl (C=O) groups excluding carboxylic acids is 2. The van der Waals surface area contributed by atoms with Gasteiger partial charge in [-0.3, -0.25) is 9.59 Å². The molecule has 0 spiro atoms. The molecule has 0 saturated carbocycles. The van der Waals surface area contributed by atoms with Crippen molar-refractivity contribution in [2.24, 2.45) is 5.73 Å². The van der Waals surface area contributed by atoms with Crippen LogP contribution in [-0.2, 0) is 9.59 Å². The van der Waals surface area contributed by atoms with E-state index in [1.807, 2.05) is 18.2 Å². The second-order valence-corrected chi connectivity index (χ2v) is 3.38. The van der Waals surface area contributed by atoms with Crippen molar-refractivity contribution in [2.75, 3.05) is 5.32 Å². The van der Waals surface area contributed by atoms with E-state index in [0.29, 0.717) is 0 Å². The van der Waals surface area contributed by atoms with Crippen LogP contribution in [-0.4, -0.2) is 11.8 Å². The average molecular weight is 218 g/mol. The molecule has 0 heterocycles. The summed E-state index contributed by atoms with van der Waals surface area (Å²) in [4.78, 5) is 21.3. The van der Waals surface area contributed by atoms with Crippen LogP contribution < -0.4 is 11.1 Å². The van der Waals surface area contributed by atoms with Crippen molar-refractivity contribution in [2.45, 2.75) is 13.3 Å². The molecule has 0 aromatic heterocycles. The molecule has 4 heteroatoms. The van der Waals surface area contributed by atoms with Gasteiger partial charge in [0.1, 0.15) is 0 Å². The van der Waals surface area contributed by atoms with E-state index in [9.17, 15) is 9.59 Å². The molecule has 2 amide bonds. The predicted molar refractivity (Wildman–Crippen MR) is 63.6 cm³/mol. The lowest BCUT2D eigenvalue weighted by Crippen LogP contribution is -2.07. The summed E-state index contributed by atoms with van der Waals surface area (Å²) in [5, 5.41) is 2.67. The fraction of sp³-hybridized carbons (Fsp3) is 0.167. The van der Waals surface area contributed by atoms with E-state index in [-0.39, 0.29) is 18.2 Å². The second-order valence-electron chi connectivity index (χ2n) is 3.38. The van der Waals surface area contributed by atoms with Crippen LogP contribution in [0.15, 0.2) is 30.3 Å². The Balaban J connectivity index is 2.60. The van der Waals surface area contributed by atoms with E-state index in [0.717, 1.165) is 11.3 Å². The Bertz CT molecular complexity index is 408. The van der Waals surface area contributed by atoms with Crippen molar-refractivity contribution in [3.05, 3.63) is 35.9 Å². The summed E-state index contributed by atoms with van der Waals surface area (Å²) in [7, 11) is 0. The van der Waals surface area contributed by atoms with Crippen LogP contribution >= 0.6 is 0 Å². The lowest BCUT2D eigenvalue weighted by atomic mass is 10.2. The van der Waals surface area contributed by atoms with Crippen molar-refractivity contribution < 1.29 is 9.59 Å². The molecule has 1 rings (SSSR count). The predicted octanol–water partition coefficient (Wildman–Crippen LogP) is 1.53. The van der Waals surface area contributed by atoms with Crippen LogP contribution in [0.5, 0.6) is 0 Å². The largest absolute Gasteiger partial charge is 0.369 e. The van der Waals surface area contributed by atoms with Crippen LogP contribution in [0.3, 0.4) is 0 Å². The Morgan fingerprint density at radius 3 is 2.44 bits per heavy atom. The summed E-state index contributed by atoms with van der Waals surface area (Å²) < 4.78 is 0. The molecular formula is C12H14N2O2. The van der Waals surface area contributed by atoms with Crippen LogP contribution in [0.1, 0.15) is 18.9 Å². The van der Waals surface area contributed by atoms with Gasteiger partial charge in [0, 0.05) is 19.0 Å². The van der Waals surface area contributed by atoms with E-state index in [1.165, 1.54) is 6.92 Å². The highest BCUT2D eigenvalue weighted by atomic mass is 16.1. The van der Waals surface area contributed by atoms with Crippen molar-refractivity contribution in [3.8, 4) is 0 Å². The van der Waals surface area contributed by atoms with Crippen molar-refractivity contribution in [3.63, 3.8) is 0 Å². The molecule has 3 N–H and O–H groups in total. The maximum Gasteiger partial charge on any atom is 0.221 e. The van der Waals surface area contributed by atoms with Crippen molar-refractivity contribution in [1.82, 2.24) is 0 Å². The van der Waals surface area contributed by atoms with E-state index >= 15 is 0 Å². The summed E-state index contributed by atoms with van der Waals surface area (Å²) in [5.74, 6) is -0.455. The van der Waals surface area contributed by atoms with Gasteiger partial charge in [-0.2, -0.15) is 0 Å². The van der Waals surface area contributed by atoms with Gasteiger partial charge in [-0.05, 0) is 17.7 Å². The Morgan fingerprint density at radius 2 is 1.94 bits per heavy atom. The maximum atomic E-state index is 10.8. The number of carbonyl (C=O) groups is 2. The fourth-order valence-corrected chi connectivity index (χ4v) is 1.19. The topological polar surface area (TPSA) is 72.2 Å². The molecule has 0 aliphatic heterocycles. The number of anilines is 1. The molecule has 1 aromatic carbocycles. The zero-order valence-electron chi connectivity index (χ0n) is 9.07. The minimum atomic E-state index is -0.355. The Morgan fingerprint density at radius 1 is 1.31 bits per heavy atom. The summed E-state index contributed by atoms with van der Waals surface area (Å²) in [6.07, 6.45) is 3.74. The van der Waals surface area contributed by atoms with E-state index in [4.69, 9.17) is 5.73 Å². The summed E-state index contributed by atoms with van der Waals surface area (Å²) in [6, 6.07) is 7.29. The van der Waals surface area contributed by atoms with Gasteiger partial charge in [0.15, 0.2) is 0 Å². The molecule has 0 atom stereocenters. The molecule has 1 aromatic rings. The normalized spacial score (nSPS) is 10.3. The van der Waals surface area contributed by atoms with Gasteiger partial charge in [0.2, 0.25) is 11.8 Å². The fourth-order valence-electron chi connectivity index (χ4n) is 1.19. The minimum Gasteiger partial charge on any atom is -0.369 e. The van der Waals surface area contributed by atoms with E-state index in [1.54, 1.807) is 18.2 Å². The first-order valence-electron chi connectivity index (χ1n) is 4.90. The van der Waals surface area contributed by atoms with Gasteiger partial charge >= 0.3 is 0 Å². The highest BCUT2D eigenvalue weighted by Gasteiger charge is 1.94. The minimum absolute atomic E-state index is 0.1000. The number of nitrogens with one attached hydrogen (secondary N) is 1. The van der Waals surface area contributed by atoms with Crippen LogP contribution in [0, 0.1) is 0 Å². The summed E-state index contributed by atoms with van der Waals surface area (Å²) in [5.41, 5.74) is 6.70. The molecule has 0 saturated heterocycles. The van der Waals surface area contributed by atoms with Gasteiger partial charge in [-0.1, -0.05) is 24.3 Å². The van der Waals surface area contributed by atoms with Gasteiger partial charge < -0.3 is 11.1 Å². The third kappa shape index (κ3) is 4.41. The Kier molecular flexibility index (Phi) is 4.27. The molecule has 0 unspecified atom stereocenters. The number of amides is 2. The quantitative estimate of drug-likeness (QED) is 0.804. The van der Waals surface area contributed by atoms with Crippen LogP contribution in [0.2, 0.25) is 0 Å². The van der Waals surface area contributed by atoms with Crippen molar-refractivity contribution >= 4 is 23.6 Å². The standard InChI is InChI=1S/C12H14N2O2/c1-9(15)14-11-7-5-10(6-8-11)3-2-4-12(13)16/h2-3,5-8H,4H2,1H3,(H2,13,16)(H,14,15).